The van der Waals surface area contributed by atoms with Gasteiger partial charge in [0.25, 0.3) is 0 Å². The lowest BCUT2D eigenvalue weighted by Crippen LogP contribution is -2.38. The molecule has 0 amide bonds. The summed E-state index contributed by atoms with van der Waals surface area (Å²) in [5, 5.41) is 8.86. The fraction of sp³-hybridized carbons (Fsp3) is 0.444. The average Bonchev–Trinajstić information content (AvgIpc) is 3.28. The van der Waals surface area contributed by atoms with Crippen LogP contribution >= 0.6 is 22.7 Å². The Morgan fingerprint density at radius 2 is 1.61 bits per heavy atom. The van der Waals surface area contributed by atoms with Gasteiger partial charge in [-0.2, -0.15) is 22.7 Å². The van der Waals surface area contributed by atoms with Crippen molar-refractivity contribution in [3.05, 3.63) is 50.4 Å². The van der Waals surface area contributed by atoms with Gasteiger partial charge in [-0.05, 0) is 63.2 Å². The van der Waals surface area contributed by atoms with E-state index in [-0.39, 0.29) is 6.29 Å². The lowest BCUT2D eigenvalue weighted by atomic mass is 9.91. The summed E-state index contributed by atoms with van der Waals surface area (Å²) in [6, 6.07) is 4.48. The molecule has 2 aromatic heterocycles. The first kappa shape index (κ1) is 16.9. The van der Waals surface area contributed by atoms with E-state index in [4.69, 9.17) is 9.47 Å². The van der Waals surface area contributed by atoms with Crippen LogP contribution in [0.25, 0.3) is 5.57 Å². The molecule has 0 saturated carbocycles. The van der Waals surface area contributed by atoms with E-state index in [9.17, 15) is 0 Å². The average molecular weight is 350 g/mol. The van der Waals surface area contributed by atoms with Gasteiger partial charge in [0.05, 0.1) is 0 Å². The van der Waals surface area contributed by atoms with Crippen LogP contribution in [-0.4, -0.2) is 45.0 Å². The molecule has 3 nitrogen and oxygen atoms in total. The first-order valence-corrected chi connectivity index (χ1v) is 9.75. The highest BCUT2D eigenvalue weighted by Crippen LogP contribution is 2.34. The van der Waals surface area contributed by atoms with E-state index in [1.807, 2.05) is 0 Å². The highest BCUT2D eigenvalue weighted by atomic mass is 32.1. The molecular formula is C18H23NO2S2. The molecule has 0 aliphatic carbocycles. The van der Waals surface area contributed by atoms with Crippen LogP contribution in [0.15, 0.2) is 39.2 Å². The zero-order valence-corrected chi connectivity index (χ0v) is 15.3. The number of rotatable bonds is 6. The fourth-order valence-corrected chi connectivity index (χ4v) is 4.39. The lowest BCUT2D eigenvalue weighted by Gasteiger charge is -2.31. The Balaban J connectivity index is 1.76. The second-order valence-electron chi connectivity index (χ2n) is 5.70. The summed E-state index contributed by atoms with van der Waals surface area (Å²) in [5.41, 5.74) is 5.75. The maximum absolute atomic E-state index is 5.32. The Labute approximate surface area is 146 Å². The predicted octanol–water partition coefficient (Wildman–Crippen LogP) is 4.33. The molecule has 3 rings (SSSR count). The second kappa shape index (κ2) is 8.22. The SMILES string of the molecule is COC(CN1CCC(=C(c2ccsc2)c2ccsc2)CC1)OC. The van der Waals surface area contributed by atoms with Crippen LogP contribution in [0.2, 0.25) is 0 Å². The molecule has 2 aromatic rings. The van der Waals surface area contributed by atoms with Crippen LogP contribution in [-0.2, 0) is 9.47 Å². The zero-order valence-electron chi connectivity index (χ0n) is 13.7. The van der Waals surface area contributed by atoms with Crippen LogP contribution in [0.1, 0.15) is 24.0 Å². The van der Waals surface area contributed by atoms with E-state index in [1.54, 1.807) is 42.5 Å². The highest BCUT2D eigenvalue weighted by molar-refractivity contribution is 7.08. The molecule has 1 aliphatic heterocycles. The number of likely N-dealkylation sites (tertiary alicyclic amines) is 1. The summed E-state index contributed by atoms with van der Waals surface area (Å²) in [4.78, 5) is 2.43. The Kier molecular flexibility index (Phi) is 6.02. The van der Waals surface area contributed by atoms with Gasteiger partial charge in [-0.1, -0.05) is 5.57 Å². The van der Waals surface area contributed by atoms with Crippen LogP contribution in [0, 0.1) is 0 Å². The van der Waals surface area contributed by atoms with E-state index >= 15 is 0 Å². The third-order valence-corrected chi connectivity index (χ3v) is 5.73. The van der Waals surface area contributed by atoms with E-state index in [1.165, 1.54) is 16.7 Å². The number of ether oxygens (including phenoxy) is 2. The number of piperidine rings is 1. The van der Waals surface area contributed by atoms with Gasteiger partial charge in [0, 0.05) is 33.9 Å². The van der Waals surface area contributed by atoms with Crippen LogP contribution in [0.3, 0.4) is 0 Å². The van der Waals surface area contributed by atoms with Crippen molar-refractivity contribution in [2.75, 3.05) is 33.9 Å². The summed E-state index contributed by atoms with van der Waals surface area (Å²) in [5.74, 6) is 0. The molecule has 0 spiro atoms. The largest absolute Gasteiger partial charge is 0.355 e. The first-order chi connectivity index (χ1) is 11.3. The molecule has 0 aromatic carbocycles. The van der Waals surface area contributed by atoms with Gasteiger partial charge < -0.3 is 9.47 Å². The van der Waals surface area contributed by atoms with Crippen molar-refractivity contribution in [3.8, 4) is 0 Å². The van der Waals surface area contributed by atoms with E-state index in [0.29, 0.717) is 0 Å². The maximum Gasteiger partial charge on any atom is 0.169 e. The van der Waals surface area contributed by atoms with Crippen molar-refractivity contribution in [3.63, 3.8) is 0 Å². The van der Waals surface area contributed by atoms with Crippen LogP contribution < -0.4 is 0 Å². The topological polar surface area (TPSA) is 21.7 Å². The molecule has 1 aliphatic rings. The van der Waals surface area contributed by atoms with Crippen molar-refractivity contribution < 1.29 is 9.47 Å². The molecule has 0 N–H and O–H groups in total. The Morgan fingerprint density at radius 3 is 2.04 bits per heavy atom. The van der Waals surface area contributed by atoms with Crippen molar-refractivity contribution in [1.29, 1.82) is 0 Å². The van der Waals surface area contributed by atoms with Gasteiger partial charge in [-0.3, -0.25) is 4.90 Å². The molecule has 23 heavy (non-hydrogen) atoms. The minimum absolute atomic E-state index is 0.131. The van der Waals surface area contributed by atoms with E-state index in [2.05, 4.69) is 38.6 Å². The molecule has 0 unspecified atom stereocenters. The molecule has 1 fully saturated rings. The minimum Gasteiger partial charge on any atom is -0.355 e. The van der Waals surface area contributed by atoms with Gasteiger partial charge in [0.15, 0.2) is 6.29 Å². The number of thiophene rings is 2. The monoisotopic (exact) mass is 349 g/mol. The predicted molar refractivity (Wildman–Crippen MR) is 98.1 cm³/mol. The minimum atomic E-state index is -0.131. The van der Waals surface area contributed by atoms with Gasteiger partial charge >= 0.3 is 0 Å². The first-order valence-electron chi connectivity index (χ1n) is 7.87. The van der Waals surface area contributed by atoms with Crippen LogP contribution in [0.5, 0.6) is 0 Å². The lowest BCUT2D eigenvalue weighted by molar-refractivity contribution is -0.116. The van der Waals surface area contributed by atoms with Crippen molar-refractivity contribution >= 4 is 28.2 Å². The molecular weight excluding hydrogens is 326 g/mol. The summed E-state index contributed by atoms with van der Waals surface area (Å²) >= 11 is 3.54. The summed E-state index contributed by atoms with van der Waals surface area (Å²) in [6.45, 7) is 2.97. The van der Waals surface area contributed by atoms with Gasteiger partial charge in [0.1, 0.15) is 0 Å². The second-order valence-corrected chi connectivity index (χ2v) is 7.26. The van der Waals surface area contributed by atoms with Crippen molar-refractivity contribution in [2.45, 2.75) is 19.1 Å². The summed E-state index contributed by atoms with van der Waals surface area (Å²) < 4.78 is 10.6. The zero-order chi connectivity index (χ0) is 16.1. The van der Waals surface area contributed by atoms with E-state index < -0.39 is 0 Å². The normalized spacial score (nSPS) is 16.2. The number of nitrogens with zero attached hydrogens (tertiary/aromatic N) is 1. The molecule has 0 atom stereocenters. The number of hydrogen-bond donors (Lipinski definition) is 0. The summed E-state index contributed by atoms with van der Waals surface area (Å²) in [7, 11) is 3.41. The molecule has 0 radical (unpaired) electrons. The highest BCUT2D eigenvalue weighted by Gasteiger charge is 2.21. The smallest absolute Gasteiger partial charge is 0.169 e. The Morgan fingerprint density at radius 1 is 1.04 bits per heavy atom. The van der Waals surface area contributed by atoms with Gasteiger partial charge in [-0.25, -0.2) is 0 Å². The van der Waals surface area contributed by atoms with Crippen molar-refractivity contribution in [2.24, 2.45) is 0 Å². The summed E-state index contributed by atoms with van der Waals surface area (Å²) in [6.07, 6.45) is 2.09. The molecule has 0 bridgehead atoms. The van der Waals surface area contributed by atoms with Crippen LogP contribution in [0.4, 0.5) is 0 Å². The molecule has 1 saturated heterocycles. The molecule has 124 valence electrons. The quantitative estimate of drug-likeness (QED) is 0.725. The fourth-order valence-electron chi connectivity index (χ4n) is 3.10. The van der Waals surface area contributed by atoms with Gasteiger partial charge in [0.2, 0.25) is 0 Å². The standard InChI is InChI=1S/C18H23NO2S2/c1-20-17(21-2)11-19-7-3-14(4-8-19)18(15-5-9-22-12-15)16-6-10-23-13-16/h5-6,9-10,12-13,17H,3-4,7-8,11H2,1-2H3. The number of hydrogen-bond acceptors (Lipinski definition) is 5. The van der Waals surface area contributed by atoms with E-state index in [0.717, 1.165) is 32.5 Å². The maximum atomic E-state index is 5.32. The van der Waals surface area contributed by atoms with Gasteiger partial charge in [-0.15, -0.1) is 0 Å². The van der Waals surface area contributed by atoms with Crippen molar-refractivity contribution in [1.82, 2.24) is 4.90 Å². The third kappa shape index (κ3) is 4.11. The molecule has 3 heterocycles. The molecule has 5 heteroatoms. The Hall–Kier alpha value is -0.980. The Bertz CT molecular complexity index is 569. The number of methoxy groups -OCH3 is 2. The third-order valence-electron chi connectivity index (χ3n) is 4.37.